The van der Waals surface area contributed by atoms with E-state index in [9.17, 15) is 0 Å². The lowest BCUT2D eigenvalue weighted by atomic mass is 9.98. The first-order chi connectivity index (χ1) is 8.58. The van der Waals surface area contributed by atoms with Crippen molar-refractivity contribution in [1.29, 1.82) is 0 Å². The van der Waals surface area contributed by atoms with Gasteiger partial charge in [0, 0.05) is 18.2 Å². The van der Waals surface area contributed by atoms with E-state index in [1.807, 2.05) is 6.92 Å². The van der Waals surface area contributed by atoms with Crippen LogP contribution >= 0.6 is 11.6 Å². The molecule has 4 heteroatoms. The molecule has 100 valence electrons. The normalized spacial score (nSPS) is 24.5. The summed E-state index contributed by atoms with van der Waals surface area (Å²) < 4.78 is 5.50. The minimum Gasteiger partial charge on any atom is -0.495 e. The average molecular weight is 269 g/mol. The van der Waals surface area contributed by atoms with Crippen LogP contribution in [0.15, 0.2) is 12.1 Å². The number of nitrogens with two attached hydrogens (primary N) is 1. The molecule has 1 heterocycles. The molecule has 0 radical (unpaired) electrons. The number of benzene rings is 1. The van der Waals surface area contributed by atoms with Crippen LogP contribution < -0.4 is 10.5 Å². The van der Waals surface area contributed by atoms with E-state index in [4.69, 9.17) is 22.1 Å². The molecule has 3 nitrogen and oxygen atoms in total. The summed E-state index contributed by atoms with van der Waals surface area (Å²) in [5, 5.41) is 0.722. The number of hydrogen-bond donors (Lipinski definition) is 1. The number of rotatable bonds is 3. The number of ether oxygens (including phenoxy) is 1. The third-order valence-electron chi connectivity index (χ3n) is 3.85. The topological polar surface area (TPSA) is 38.5 Å². The second-order valence-electron chi connectivity index (χ2n) is 5.11. The maximum Gasteiger partial charge on any atom is 0.142 e. The third kappa shape index (κ3) is 2.35. The van der Waals surface area contributed by atoms with Crippen molar-refractivity contribution in [2.24, 2.45) is 11.7 Å². The van der Waals surface area contributed by atoms with Crippen molar-refractivity contribution in [1.82, 2.24) is 4.90 Å². The Morgan fingerprint density at radius 1 is 1.50 bits per heavy atom. The molecule has 1 aliphatic rings. The van der Waals surface area contributed by atoms with Crippen LogP contribution in [0.25, 0.3) is 0 Å². The van der Waals surface area contributed by atoms with Gasteiger partial charge in [0.1, 0.15) is 5.75 Å². The lowest BCUT2D eigenvalue weighted by molar-refractivity contribution is 0.303. The number of halogens is 1. The molecular formula is C14H21ClN2O. The quantitative estimate of drug-likeness (QED) is 0.916. The lowest BCUT2D eigenvalue weighted by Gasteiger charge is -2.23. The Kier molecular flexibility index (Phi) is 4.15. The Morgan fingerprint density at radius 3 is 2.78 bits per heavy atom. The molecule has 18 heavy (non-hydrogen) atoms. The van der Waals surface area contributed by atoms with E-state index in [0.29, 0.717) is 12.0 Å². The molecule has 1 aromatic rings. The average Bonchev–Trinajstić information content (AvgIpc) is 2.74. The van der Waals surface area contributed by atoms with Gasteiger partial charge in [0.25, 0.3) is 0 Å². The molecule has 0 amide bonds. The Bertz CT molecular complexity index is 436. The number of aryl methyl sites for hydroxylation is 1. The number of methoxy groups -OCH3 is 1. The van der Waals surface area contributed by atoms with Crippen molar-refractivity contribution in [2.45, 2.75) is 19.4 Å². The van der Waals surface area contributed by atoms with Crippen LogP contribution in [0.3, 0.4) is 0 Å². The van der Waals surface area contributed by atoms with Crippen molar-refractivity contribution >= 4 is 11.6 Å². The van der Waals surface area contributed by atoms with Crippen LogP contribution in [0, 0.1) is 12.8 Å². The zero-order chi connectivity index (χ0) is 13.3. The van der Waals surface area contributed by atoms with Crippen molar-refractivity contribution in [3.05, 3.63) is 28.3 Å². The molecule has 1 fully saturated rings. The van der Waals surface area contributed by atoms with Crippen LogP contribution in [0.5, 0.6) is 5.75 Å². The smallest absolute Gasteiger partial charge is 0.142 e. The summed E-state index contributed by atoms with van der Waals surface area (Å²) in [6.45, 7) is 3.77. The fourth-order valence-corrected chi connectivity index (χ4v) is 3.03. The van der Waals surface area contributed by atoms with Crippen LogP contribution in [-0.4, -0.2) is 32.1 Å². The lowest BCUT2D eigenvalue weighted by Crippen LogP contribution is -2.21. The zero-order valence-electron chi connectivity index (χ0n) is 11.2. The molecule has 2 atom stereocenters. The minimum absolute atomic E-state index is 0.353. The summed E-state index contributed by atoms with van der Waals surface area (Å²) in [6, 6.07) is 4.54. The summed E-state index contributed by atoms with van der Waals surface area (Å²) >= 11 is 6.33. The first-order valence-corrected chi connectivity index (χ1v) is 6.69. The van der Waals surface area contributed by atoms with Gasteiger partial charge in [0.05, 0.1) is 12.1 Å². The maximum absolute atomic E-state index is 6.33. The Labute approximate surface area is 114 Å². The Balaban J connectivity index is 2.36. The van der Waals surface area contributed by atoms with Crippen molar-refractivity contribution < 1.29 is 4.74 Å². The van der Waals surface area contributed by atoms with Crippen molar-refractivity contribution in [2.75, 3.05) is 27.2 Å². The van der Waals surface area contributed by atoms with E-state index in [-0.39, 0.29) is 0 Å². The van der Waals surface area contributed by atoms with Gasteiger partial charge < -0.3 is 10.5 Å². The molecule has 1 aliphatic heterocycles. The molecule has 2 unspecified atom stereocenters. The van der Waals surface area contributed by atoms with Crippen molar-refractivity contribution in [3.8, 4) is 5.75 Å². The Hall–Kier alpha value is -0.770. The van der Waals surface area contributed by atoms with Crippen LogP contribution in [-0.2, 0) is 0 Å². The largest absolute Gasteiger partial charge is 0.495 e. The first-order valence-electron chi connectivity index (χ1n) is 6.31. The highest BCUT2D eigenvalue weighted by atomic mass is 35.5. The summed E-state index contributed by atoms with van der Waals surface area (Å²) in [7, 11) is 3.81. The van der Waals surface area contributed by atoms with Gasteiger partial charge in [-0.25, -0.2) is 0 Å². The highest BCUT2D eigenvalue weighted by Crippen LogP contribution is 2.42. The van der Waals surface area contributed by atoms with E-state index < -0.39 is 0 Å². The summed E-state index contributed by atoms with van der Waals surface area (Å²) in [4.78, 5) is 2.33. The predicted molar refractivity (Wildman–Crippen MR) is 75.3 cm³/mol. The van der Waals surface area contributed by atoms with Crippen LogP contribution in [0.2, 0.25) is 5.02 Å². The van der Waals surface area contributed by atoms with Gasteiger partial charge in [-0.15, -0.1) is 0 Å². The highest BCUT2D eigenvalue weighted by Gasteiger charge is 2.32. The van der Waals surface area contributed by atoms with Crippen molar-refractivity contribution in [3.63, 3.8) is 0 Å². The standard InChI is InChI=1S/C14H21ClN2O/c1-9-4-5-11(14(18-3)13(9)15)12-6-10(7-16)8-17(12)2/h4-5,10,12H,6-8,16H2,1-3H3. The highest BCUT2D eigenvalue weighted by molar-refractivity contribution is 6.33. The maximum atomic E-state index is 6.33. The van der Waals surface area contributed by atoms with Crippen LogP contribution in [0.4, 0.5) is 0 Å². The van der Waals surface area contributed by atoms with Gasteiger partial charge in [-0.2, -0.15) is 0 Å². The number of nitrogens with zero attached hydrogens (tertiary/aromatic N) is 1. The van der Waals surface area contributed by atoms with E-state index in [2.05, 4.69) is 24.1 Å². The molecule has 0 aromatic heterocycles. The van der Waals surface area contributed by atoms with Gasteiger partial charge >= 0.3 is 0 Å². The molecule has 2 rings (SSSR count). The monoisotopic (exact) mass is 268 g/mol. The van der Waals surface area contributed by atoms with Gasteiger partial charge in [-0.1, -0.05) is 23.7 Å². The molecule has 0 spiro atoms. The zero-order valence-corrected chi connectivity index (χ0v) is 12.0. The Morgan fingerprint density at radius 2 is 2.22 bits per heavy atom. The predicted octanol–water partition coefficient (Wildman–Crippen LogP) is 2.61. The van der Waals surface area contributed by atoms with E-state index >= 15 is 0 Å². The fourth-order valence-electron chi connectivity index (χ4n) is 2.78. The third-order valence-corrected chi connectivity index (χ3v) is 4.32. The molecule has 1 aromatic carbocycles. The molecule has 0 aliphatic carbocycles. The second-order valence-corrected chi connectivity index (χ2v) is 5.49. The molecular weight excluding hydrogens is 248 g/mol. The minimum atomic E-state index is 0.353. The van der Waals surface area contributed by atoms with E-state index in [1.54, 1.807) is 7.11 Å². The van der Waals surface area contributed by atoms with Gasteiger partial charge in [-0.05, 0) is 38.4 Å². The summed E-state index contributed by atoms with van der Waals surface area (Å²) in [5.41, 5.74) is 8.00. The molecule has 1 saturated heterocycles. The second kappa shape index (κ2) is 5.47. The van der Waals surface area contributed by atoms with Gasteiger partial charge in [0.2, 0.25) is 0 Å². The molecule has 2 N–H and O–H groups in total. The first kappa shape index (κ1) is 13.7. The molecule has 0 saturated carbocycles. The number of hydrogen-bond acceptors (Lipinski definition) is 3. The summed E-state index contributed by atoms with van der Waals surface area (Å²) in [5.74, 6) is 1.37. The van der Waals surface area contributed by atoms with Crippen LogP contribution in [0.1, 0.15) is 23.6 Å². The number of likely N-dealkylation sites (tertiary alicyclic amines) is 1. The fraction of sp³-hybridized carbons (Fsp3) is 0.571. The van der Waals surface area contributed by atoms with E-state index in [1.165, 1.54) is 5.56 Å². The van der Waals surface area contributed by atoms with Gasteiger partial charge in [-0.3, -0.25) is 4.90 Å². The van der Waals surface area contributed by atoms with Gasteiger partial charge in [0.15, 0.2) is 0 Å². The summed E-state index contributed by atoms with van der Waals surface area (Å²) in [6.07, 6.45) is 1.07. The van der Waals surface area contributed by atoms with E-state index in [0.717, 1.165) is 35.8 Å². The molecule has 0 bridgehead atoms. The SMILES string of the molecule is COc1c(C2CC(CN)CN2C)ccc(C)c1Cl.